The predicted molar refractivity (Wildman–Crippen MR) is 221 cm³/mol. The van der Waals surface area contributed by atoms with E-state index in [0.29, 0.717) is 35.5 Å². The smallest absolute Gasteiger partial charge is 0.132 e. The van der Waals surface area contributed by atoms with Crippen molar-refractivity contribution in [2.24, 2.45) is 47.3 Å². The molecule has 0 amide bonds. The Hall–Kier alpha value is -3.28. The number of ether oxygens (including phenoxy) is 1. The van der Waals surface area contributed by atoms with Crippen molar-refractivity contribution in [3.8, 4) is 12.1 Å². The van der Waals surface area contributed by atoms with Gasteiger partial charge in [-0.3, -0.25) is 0 Å². The lowest BCUT2D eigenvalue weighted by Crippen LogP contribution is -2.27. The maximum atomic E-state index is 15.6. The van der Waals surface area contributed by atoms with E-state index in [9.17, 15) is 10.5 Å². The van der Waals surface area contributed by atoms with Gasteiger partial charge < -0.3 is 4.74 Å². The molecule has 0 spiro atoms. The fraction of sp³-hybridized carbons (Fsp3) is 0.640. The molecule has 4 saturated carbocycles. The van der Waals surface area contributed by atoms with Gasteiger partial charge in [0.1, 0.15) is 11.6 Å². The zero-order valence-corrected chi connectivity index (χ0v) is 33.9. The average molecular weight is 749 g/mol. The van der Waals surface area contributed by atoms with E-state index < -0.39 is 0 Å². The van der Waals surface area contributed by atoms with Crippen molar-refractivity contribution in [1.82, 2.24) is 0 Å². The number of rotatable bonds is 14. The van der Waals surface area contributed by atoms with Crippen molar-refractivity contribution in [3.05, 3.63) is 82.4 Å². The van der Waals surface area contributed by atoms with Crippen molar-refractivity contribution in [2.45, 2.75) is 142 Å². The van der Waals surface area contributed by atoms with Crippen molar-refractivity contribution in [2.75, 3.05) is 13.2 Å². The van der Waals surface area contributed by atoms with Gasteiger partial charge in [0.2, 0.25) is 0 Å². The maximum absolute atomic E-state index is 15.6. The zero-order valence-electron chi connectivity index (χ0n) is 33.9. The molecule has 0 aliphatic heterocycles. The second kappa shape index (κ2) is 20.8. The molecule has 4 aliphatic carbocycles. The molecule has 0 saturated heterocycles. The molecule has 4 aliphatic rings. The third kappa shape index (κ3) is 11.0. The first-order valence-electron chi connectivity index (χ1n) is 22.3. The van der Waals surface area contributed by atoms with Crippen LogP contribution in [0.2, 0.25) is 0 Å². The number of nitrogens with zero attached hydrogens (tertiary/aromatic N) is 2. The lowest BCUT2D eigenvalue weighted by molar-refractivity contribution is 0.145. The standard InChI is InChI=1S/C50H66F2N2O/c1-3-7-35-9-5-11-43(29-35)39-15-19-41(20-16-39)45(47-23-13-37(33-53)31-49(47)51)25-27-55-28-26-46(48-24-14-38(34-54)32-50(48)52)42-21-17-40(18-22-42)44-12-6-10-36(30-44)8-4-2/h13-14,23-26,31-32,35-36,39-44H,3-12,15-22,27-30H2,1-2H3/t35-,36-,39-,40-,41-,42-,43-,44-/m0/s1. The third-order valence-corrected chi connectivity index (χ3v) is 14.5. The molecule has 2 aromatic rings. The van der Waals surface area contributed by atoms with E-state index in [1.165, 1.54) is 115 Å². The molecule has 4 fully saturated rings. The zero-order chi connectivity index (χ0) is 38.6. The molecule has 0 bridgehead atoms. The van der Waals surface area contributed by atoms with Gasteiger partial charge in [-0.2, -0.15) is 10.5 Å². The van der Waals surface area contributed by atoms with Gasteiger partial charge in [0.05, 0.1) is 36.5 Å². The summed E-state index contributed by atoms with van der Waals surface area (Å²) in [5, 5.41) is 18.8. The fourth-order valence-electron chi connectivity index (χ4n) is 11.7. The molecule has 4 atom stereocenters. The first-order valence-corrected chi connectivity index (χ1v) is 22.3. The Bertz CT molecular complexity index is 1550. The number of allylic oxidation sites excluding steroid dienone is 2. The topological polar surface area (TPSA) is 56.8 Å². The number of hydrogen-bond acceptors (Lipinski definition) is 3. The summed E-state index contributed by atoms with van der Waals surface area (Å²) in [6, 6.07) is 13.9. The van der Waals surface area contributed by atoms with Crippen LogP contribution in [0.3, 0.4) is 0 Å². The van der Waals surface area contributed by atoms with Gasteiger partial charge in [0.15, 0.2) is 0 Å². The van der Waals surface area contributed by atoms with E-state index in [0.717, 1.165) is 72.3 Å². The van der Waals surface area contributed by atoms with Gasteiger partial charge in [0, 0.05) is 11.1 Å². The maximum Gasteiger partial charge on any atom is 0.132 e. The molecule has 0 radical (unpaired) electrons. The normalized spacial score (nSPS) is 29.3. The van der Waals surface area contributed by atoms with Gasteiger partial charge in [0.25, 0.3) is 0 Å². The highest BCUT2D eigenvalue weighted by Crippen LogP contribution is 2.47. The minimum absolute atomic E-state index is 0.257. The van der Waals surface area contributed by atoms with Crippen LogP contribution in [0.4, 0.5) is 8.78 Å². The summed E-state index contributed by atoms with van der Waals surface area (Å²) in [6.07, 6.45) is 29.4. The molecule has 296 valence electrons. The minimum atomic E-state index is -0.342. The lowest BCUT2D eigenvalue weighted by Gasteiger charge is -2.39. The van der Waals surface area contributed by atoms with Gasteiger partial charge >= 0.3 is 0 Å². The van der Waals surface area contributed by atoms with E-state index in [4.69, 9.17) is 4.74 Å². The van der Waals surface area contributed by atoms with Crippen LogP contribution in [-0.2, 0) is 4.74 Å². The predicted octanol–water partition coefficient (Wildman–Crippen LogP) is 14.0. The van der Waals surface area contributed by atoms with E-state index in [1.807, 2.05) is 0 Å². The average Bonchev–Trinajstić information content (AvgIpc) is 3.22. The summed E-state index contributed by atoms with van der Waals surface area (Å²) in [5.41, 5.74) is 3.83. The van der Waals surface area contributed by atoms with Crippen LogP contribution in [-0.4, -0.2) is 13.2 Å². The van der Waals surface area contributed by atoms with Crippen molar-refractivity contribution < 1.29 is 13.5 Å². The molecular weight excluding hydrogens is 683 g/mol. The largest absolute Gasteiger partial charge is 0.373 e. The molecule has 2 aromatic carbocycles. The first-order chi connectivity index (χ1) is 26.9. The van der Waals surface area contributed by atoms with Crippen LogP contribution in [0.15, 0.2) is 48.6 Å². The lowest BCUT2D eigenvalue weighted by atomic mass is 9.67. The molecule has 0 aromatic heterocycles. The van der Waals surface area contributed by atoms with Crippen LogP contribution < -0.4 is 0 Å². The van der Waals surface area contributed by atoms with Crippen LogP contribution in [0.25, 0.3) is 11.1 Å². The molecule has 55 heavy (non-hydrogen) atoms. The van der Waals surface area contributed by atoms with Crippen molar-refractivity contribution in [1.29, 1.82) is 10.5 Å². The van der Waals surface area contributed by atoms with Crippen LogP contribution in [0.1, 0.15) is 165 Å². The Kier molecular flexibility index (Phi) is 15.6. The number of hydrogen-bond donors (Lipinski definition) is 0. The van der Waals surface area contributed by atoms with E-state index in [2.05, 4.69) is 38.1 Å². The molecule has 0 heterocycles. The monoisotopic (exact) mass is 749 g/mol. The van der Waals surface area contributed by atoms with Crippen molar-refractivity contribution in [3.63, 3.8) is 0 Å². The molecule has 3 nitrogen and oxygen atoms in total. The summed E-state index contributed by atoms with van der Waals surface area (Å²) >= 11 is 0. The molecule has 0 unspecified atom stereocenters. The quantitative estimate of drug-likeness (QED) is 0.181. The van der Waals surface area contributed by atoms with E-state index >= 15 is 8.78 Å². The van der Waals surface area contributed by atoms with Gasteiger partial charge in [-0.15, -0.1) is 0 Å². The fourth-order valence-corrected chi connectivity index (χ4v) is 11.7. The number of benzene rings is 2. The van der Waals surface area contributed by atoms with Crippen LogP contribution >= 0.6 is 0 Å². The highest BCUT2D eigenvalue weighted by Gasteiger charge is 2.34. The Balaban J connectivity index is 1.14. The Morgan fingerprint density at radius 2 is 1.02 bits per heavy atom. The number of halogens is 2. The van der Waals surface area contributed by atoms with Crippen molar-refractivity contribution >= 4 is 11.1 Å². The molecule has 0 N–H and O–H groups in total. The Morgan fingerprint density at radius 1 is 0.600 bits per heavy atom. The van der Waals surface area contributed by atoms with Crippen LogP contribution in [0.5, 0.6) is 0 Å². The second-order valence-corrected chi connectivity index (χ2v) is 17.9. The molecular formula is C50H66F2N2O. The molecule has 6 rings (SSSR count). The summed E-state index contributed by atoms with van der Waals surface area (Å²) in [5.74, 6) is 4.80. The van der Waals surface area contributed by atoms with E-state index in [1.54, 1.807) is 24.3 Å². The summed E-state index contributed by atoms with van der Waals surface area (Å²) < 4.78 is 37.5. The summed E-state index contributed by atoms with van der Waals surface area (Å²) in [7, 11) is 0. The highest BCUT2D eigenvalue weighted by atomic mass is 19.1. The summed E-state index contributed by atoms with van der Waals surface area (Å²) in [4.78, 5) is 0. The number of nitriles is 2. The van der Waals surface area contributed by atoms with Gasteiger partial charge in [-0.05, 0) is 147 Å². The van der Waals surface area contributed by atoms with Crippen LogP contribution in [0, 0.1) is 81.6 Å². The van der Waals surface area contributed by atoms with E-state index in [-0.39, 0.29) is 23.5 Å². The highest BCUT2D eigenvalue weighted by molar-refractivity contribution is 5.70. The summed E-state index contributed by atoms with van der Waals surface area (Å²) in [6.45, 7) is 5.29. The van der Waals surface area contributed by atoms with Gasteiger partial charge in [-0.25, -0.2) is 8.78 Å². The minimum Gasteiger partial charge on any atom is -0.373 e. The van der Waals surface area contributed by atoms with Gasteiger partial charge in [-0.1, -0.05) is 102 Å². The SMILES string of the molecule is CCC[C@H]1CCC[C@H]([C@H]2CC[C@H](C(=CCOCC=C(c3ccc(C#N)cc3F)[C@H]3CC[C@H]([C@H]4CCC[C@H](CCC)C4)CC3)c3ccc(C#N)cc3F)CC2)C1. The second-order valence-electron chi connectivity index (χ2n) is 17.9. The first kappa shape index (κ1) is 41.4. The molecule has 5 heteroatoms. The Labute approximate surface area is 331 Å². The third-order valence-electron chi connectivity index (χ3n) is 14.5. The Morgan fingerprint density at radius 3 is 1.38 bits per heavy atom.